The van der Waals surface area contributed by atoms with Crippen LogP contribution in [0.5, 0.6) is 0 Å². The van der Waals surface area contributed by atoms with Crippen LogP contribution < -0.4 is 0 Å². The van der Waals surface area contributed by atoms with Crippen molar-refractivity contribution in [2.75, 3.05) is 62.8 Å². The fraction of sp³-hybridized carbons (Fsp3) is 1.00. The van der Waals surface area contributed by atoms with Gasteiger partial charge in [-0.1, -0.05) is 0 Å². The molecule has 0 aliphatic rings. The molecule has 6 nitrogen and oxygen atoms in total. The van der Waals surface area contributed by atoms with Crippen molar-refractivity contribution >= 4 is 46.4 Å². The molecular weight excluding hydrogens is 402 g/mol. The fourth-order valence-corrected chi connectivity index (χ4v) is 2.57. The summed E-state index contributed by atoms with van der Waals surface area (Å²) in [5, 5.41) is 38.9. The van der Waals surface area contributed by atoms with Crippen LogP contribution in [0.1, 0.15) is 0 Å². The number of nitrogens with zero attached hydrogens (tertiary/aromatic N) is 2. The molecule has 0 aromatic heterocycles. The molecule has 0 rings (SSSR count). The highest BCUT2D eigenvalue weighted by Gasteiger charge is 2.19. The van der Waals surface area contributed by atoms with Gasteiger partial charge in [0.1, 0.15) is 0 Å². The number of aliphatic hydroxyl groups excluding tert-OH is 4. The molecule has 10 heteroatoms. The number of hydrogen-bond donors (Lipinski definition) is 4. The van der Waals surface area contributed by atoms with E-state index >= 15 is 0 Å². The second-order valence-electron chi connectivity index (χ2n) is 5.75. The van der Waals surface area contributed by atoms with Gasteiger partial charge in [-0.15, -0.1) is 46.4 Å². The van der Waals surface area contributed by atoms with Crippen LogP contribution in [0.4, 0.5) is 0 Å². The number of rotatable bonds is 15. The predicted molar refractivity (Wildman–Crippen MR) is 99.8 cm³/mol. The Balaban J connectivity index is 4.66. The molecule has 4 atom stereocenters. The van der Waals surface area contributed by atoms with Crippen molar-refractivity contribution in [1.82, 2.24) is 9.80 Å². The Bertz CT molecular complexity index is 256. The summed E-state index contributed by atoms with van der Waals surface area (Å²) in [5.74, 6) is 0.362. The molecule has 0 aromatic carbocycles. The zero-order chi connectivity index (χ0) is 18.5. The minimum Gasteiger partial charge on any atom is -0.391 e. The largest absolute Gasteiger partial charge is 0.391 e. The zero-order valence-corrected chi connectivity index (χ0v) is 16.6. The second kappa shape index (κ2) is 15.0. The molecule has 0 saturated carbocycles. The third-order valence-electron chi connectivity index (χ3n) is 3.32. The van der Waals surface area contributed by atoms with Gasteiger partial charge in [0.2, 0.25) is 0 Å². The van der Waals surface area contributed by atoms with Gasteiger partial charge in [0.15, 0.2) is 0 Å². The highest BCUT2D eigenvalue weighted by atomic mass is 35.5. The monoisotopic (exact) mass is 428 g/mol. The molecule has 146 valence electrons. The zero-order valence-electron chi connectivity index (χ0n) is 13.6. The Kier molecular flexibility index (Phi) is 15.6. The van der Waals surface area contributed by atoms with Crippen molar-refractivity contribution in [1.29, 1.82) is 0 Å². The quantitative estimate of drug-likeness (QED) is 0.274. The molecule has 24 heavy (non-hydrogen) atoms. The number of hydrogen-bond acceptors (Lipinski definition) is 6. The van der Waals surface area contributed by atoms with Gasteiger partial charge in [0, 0.05) is 62.8 Å². The Morgan fingerprint density at radius 1 is 0.500 bits per heavy atom. The van der Waals surface area contributed by atoms with Gasteiger partial charge >= 0.3 is 0 Å². The van der Waals surface area contributed by atoms with E-state index in [2.05, 4.69) is 0 Å². The first-order chi connectivity index (χ1) is 11.4. The first kappa shape index (κ1) is 24.9. The molecule has 0 saturated heterocycles. The molecule has 0 bridgehead atoms. The van der Waals surface area contributed by atoms with E-state index in [1.54, 1.807) is 0 Å². The summed E-state index contributed by atoms with van der Waals surface area (Å²) in [6, 6.07) is 0. The van der Waals surface area contributed by atoms with Gasteiger partial charge in [0.25, 0.3) is 0 Å². The van der Waals surface area contributed by atoms with Gasteiger partial charge in [-0.3, -0.25) is 9.80 Å². The molecule has 0 fully saturated rings. The van der Waals surface area contributed by atoms with Crippen LogP contribution in [0.3, 0.4) is 0 Å². The molecule has 4 N–H and O–H groups in total. The molecular formula is C14H28Cl4N2O4. The lowest BCUT2D eigenvalue weighted by Crippen LogP contribution is -2.46. The molecule has 0 aliphatic heterocycles. The van der Waals surface area contributed by atoms with E-state index in [0.717, 1.165) is 0 Å². The summed E-state index contributed by atoms with van der Waals surface area (Å²) in [6.07, 6.45) is -2.87. The minimum absolute atomic E-state index is 0.0904. The summed E-state index contributed by atoms with van der Waals surface area (Å²) in [4.78, 5) is 3.68. The maximum Gasteiger partial charge on any atom is 0.0802 e. The first-order valence-electron chi connectivity index (χ1n) is 7.77. The fourth-order valence-electron chi connectivity index (χ4n) is 2.18. The van der Waals surface area contributed by atoms with Crippen LogP contribution in [0.25, 0.3) is 0 Å². The van der Waals surface area contributed by atoms with Crippen LogP contribution >= 0.6 is 46.4 Å². The van der Waals surface area contributed by atoms with E-state index in [4.69, 9.17) is 46.4 Å². The average molecular weight is 430 g/mol. The van der Waals surface area contributed by atoms with E-state index in [1.807, 2.05) is 9.80 Å². The van der Waals surface area contributed by atoms with E-state index < -0.39 is 24.4 Å². The van der Waals surface area contributed by atoms with Crippen LogP contribution in [-0.4, -0.2) is 117 Å². The van der Waals surface area contributed by atoms with Crippen molar-refractivity contribution < 1.29 is 20.4 Å². The molecule has 0 heterocycles. The lowest BCUT2D eigenvalue weighted by Gasteiger charge is -2.31. The first-order valence-corrected chi connectivity index (χ1v) is 9.90. The Morgan fingerprint density at radius 3 is 0.875 bits per heavy atom. The maximum absolute atomic E-state index is 9.73. The molecule has 0 aliphatic carbocycles. The smallest absolute Gasteiger partial charge is 0.0802 e. The van der Waals surface area contributed by atoms with Gasteiger partial charge in [-0.05, 0) is 0 Å². The molecule has 0 amide bonds. The number of alkyl halides is 4. The van der Waals surface area contributed by atoms with E-state index in [-0.39, 0.29) is 23.5 Å². The maximum atomic E-state index is 9.73. The summed E-state index contributed by atoms with van der Waals surface area (Å²) in [5.41, 5.74) is 0. The Labute approximate surface area is 163 Å². The number of halogens is 4. The molecule has 4 unspecified atom stereocenters. The van der Waals surface area contributed by atoms with E-state index in [1.165, 1.54) is 0 Å². The Hall–Kier alpha value is 0.920. The summed E-state index contributed by atoms with van der Waals surface area (Å²) in [7, 11) is 0. The van der Waals surface area contributed by atoms with Crippen LogP contribution in [-0.2, 0) is 0 Å². The summed E-state index contributed by atoms with van der Waals surface area (Å²) >= 11 is 22.5. The topological polar surface area (TPSA) is 87.4 Å². The van der Waals surface area contributed by atoms with E-state index in [0.29, 0.717) is 39.3 Å². The van der Waals surface area contributed by atoms with Crippen molar-refractivity contribution in [2.24, 2.45) is 0 Å². The second-order valence-corrected chi connectivity index (χ2v) is 6.99. The summed E-state index contributed by atoms with van der Waals surface area (Å²) in [6.45, 7) is 2.16. The third kappa shape index (κ3) is 12.3. The van der Waals surface area contributed by atoms with Gasteiger partial charge in [0.05, 0.1) is 24.4 Å². The third-order valence-corrected chi connectivity index (χ3v) is 4.75. The lowest BCUT2D eigenvalue weighted by atomic mass is 10.2. The van der Waals surface area contributed by atoms with Gasteiger partial charge in [-0.2, -0.15) is 0 Å². The van der Waals surface area contributed by atoms with Crippen LogP contribution in [0.15, 0.2) is 0 Å². The normalized spacial score (nSPS) is 17.2. The minimum atomic E-state index is -0.718. The molecule has 0 radical (unpaired) electrons. The molecule has 0 aromatic rings. The summed E-state index contributed by atoms with van der Waals surface area (Å²) < 4.78 is 0. The predicted octanol–water partition coefficient (Wildman–Crippen LogP) is -0.0108. The van der Waals surface area contributed by atoms with Crippen molar-refractivity contribution in [2.45, 2.75) is 24.4 Å². The van der Waals surface area contributed by atoms with Crippen LogP contribution in [0, 0.1) is 0 Å². The van der Waals surface area contributed by atoms with Gasteiger partial charge < -0.3 is 20.4 Å². The lowest BCUT2D eigenvalue weighted by molar-refractivity contribution is 0.0565. The van der Waals surface area contributed by atoms with Crippen LogP contribution in [0.2, 0.25) is 0 Å². The van der Waals surface area contributed by atoms with Crippen molar-refractivity contribution in [3.8, 4) is 0 Å². The van der Waals surface area contributed by atoms with E-state index in [9.17, 15) is 20.4 Å². The standard InChI is InChI=1S/C14H28Cl4N2O4/c15-3-11(21)7-19(8-12(22)4-16)1-2-20(9-13(23)5-17)10-14(24)6-18/h11-14,21-24H,1-10H2. The SMILES string of the molecule is OC(CCl)CN(CCN(CC(O)CCl)CC(O)CCl)CC(O)CCl. The van der Waals surface area contributed by atoms with Crippen molar-refractivity contribution in [3.63, 3.8) is 0 Å². The van der Waals surface area contributed by atoms with Gasteiger partial charge in [-0.25, -0.2) is 0 Å². The Morgan fingerprint density at radius 2 is 0.708 bits per heavy atom. The number of aliphatic hydroxyl groups is 4. The highest BCUT2D eigenvalue weighted by Crippen LogP contribution is 2.04. The average Bonchev–Trinajstić information content (AvgIpc) is 2.58. The van der Waals surface area contributed by atoms with Crippen molar-refractivity contribution in [3.05, 3.63) is 0 Å². The molecule has 0 spiro atoms. The highest BCUT2D eigenvalue weighted by molar-refractivity contribution is 6.18.